The molecule has 0 spiro atoms. The van der Waals surface area contributed by atoms with E-state index in [0.717, 1.165) is 15.4 Å². The molecule has 1 aromatic rings. The second-order valence-electron chi connectivity index (χ2n) is 3.64. The van der Waals surface area contributed by atoms with Gasteiger partial charge in [-0.1, -0.05) is 31.0 Å². The van der Waals surface area contributed by atoms with E-state index in [1.807, 2.05) is 19.9 Å². The Morgan fingerprint density at radius 3 is 2.35 bits per heavy atom. The molecule has 1 rings (SSSR count). The molecule has 0 saturated carbocycles. The number of benzene rings is 1. The van der Waals surface area contributed by atoms with Crippen molar-refractivity contribution in [1.82, 2.24) is 0 Å². The highest BCUT2D eigenvalue weighted by Crippen LogP contribution is 2.34. The highest BCUT2D eigenvalue weighted by Gasteiger charge is 2.06. The molecule has 0 radical (unpaired) electrons. The van der Waals surface area contributed by atoms with Crippen molar-refractivity contribution >= 4 is 22.4 Å². The lowest BCUT2D eigenvalue weighted by Gasteiger charge is -2.08. The van der Waals surface area contributed by atoms with E-state index in [4.69, 9.17) is 0 Å². The summed E-state index contributed by atoms with van der Waals surface area (Å²) in [5.74, 6) is 0.0234. The molecule has 0 aliphatic heterocycles. The maximum Gasteiger partial charge on any atom is 0.116 e. The van der Waals surface area contributed by atoms with Gasteiger partial charge in [0.25, 0.3) is 0 Å². The zero-order chi connectivity index (χ0) is 13.0. The minimum atomic E-state index is -0.0669. The van der Waals surface area contributed by atoms with Gasteiger partial charge in [-0.3, -0.25) is 0 Å². The molecule has 1 aromatic carbocycles. The summed E-state index contributed by atoms with van der Waals surface area (Å²) < 4.78 is 0. The van der Waals surface area contributed by atoms with Gasteiger partial charge >= 0.3 is 0 Å². The second-order valence-corrected chi connectivity index (χ2v) is 4.98. The number of hydrogen-bond acceptors (Lipinski definition) is 3. The van der Waals surface area contributed by atoms with Crippen molar-refractivity contribution < 1.29 is 10.2 Å². The summed E-state index contributed by atoms with van der Waals surface area (Å²) in [4.78, 5) is 1.95. The highest BCUT2D eigenvalue weighted by molar-refractivity contribution is 8.11. The Bertz CT molecular complexity index is 487. The molecule has 17 heavy (non-hydrogen) atoms. The standard InChI is InChI=1S/C14H16O2S/c1-5-9(2)17-11(4)13-6-12(10(3)15)7-14(16)8-13/h5-8,15-16H,3-4H2,1-2H3/b9-5-. The van der Waals surface area contributed by atoms with E-state index in [1.165, 1.54) is 17.8 Å². The van der Waals surface area contributed by atoms with Crippen LogP contribution in [0, 0.1) is 0 Å². The van der Waals surface area contributed by atoms with Crippen molar-refractivity contribution in [2.24, 2.45) is 0 Å². The van der Waals surface area contributed by atoms with Crippen LogP contribution in [0.2, 0.25) is 0 Å². The number of phenolic OH excluding ortho intramolecular Hbond substituents is 1. The summed E-state index contributed by atoms with van der Waals surface area (Å²) in [6.07, 6.45) is 1.99. The normalized spacial score (nSPS) is 11.3. The summed E-state index contributed by atoms with van der Waals surface area (Å²) in [6, 6.07) is 4.83. The molecule has 0 fully saturated rings. The van der Waals surface area contributed by atoms with E-state index in [9.17, 15) is 10.2 Å². The van der Waals surface area contributed by atoms with Gasteiger partial charge < -0.3 is 10.2 Å². The Kier molecular flexibility index (Phi) is 4.46. The number of hydrogen-bond donors (Lipinski definition) is 2. The molecule has 0 saturated heterocycles. The molecule has 3 heteroatoms. The van der Waals surface area contributed by atoms with Crippen molar-refractivity contribution in [2.45, 2.75) is 13.8 Å². The number of phenols is 1. The number of thioether (sulfide) groups is 1. The van der Waals surface area contributed by atoms with Crippen LogP contribution in [0.3, 0.4) is 0 Å². The first-order valence-corrected chi connectivity index (χ1v) is 5.98. The number of aliphatic hydroxyl groups excluding tert-OH is 1. The lowest BCUT2D eigenvalue weighted by atomic mass is 10.1. The van der Waals surface area contributed by atoms with E-state index in [-0.39, 0.29) is 11.5 Å². The molecular formula is C14H16O2S. The fourth-order valence-electron chi connectivity index (χ4n) is 1.25. The molecule has 0 aromatic heterocycles. The van der Waals surface area contributed by atoms with Gasteiger partial charge in [0.15, 0.2) is 0 Å². The SMILES string of the molecule is C=C(O)c1cc(O)cc(C(=C)S/C(C)=C\C)c1. The van der Waals surface area contributed by atoms with Crippen molar-refractivity contribution in [2.75, 3.05) is 0 Å². The Morgan fingerprint density at radius 1 is 1.24 bits per heavy atom. The molecule has 0 unspecified atom stereocenters. The number of aromatic hydroxyl groups is 1. The lowest BCUT2D eigenvalue weighted by Crippen LogP contribution is -1.85. The predicted molar refractivity (Wildman–Crippen MR) is 75.8 cm³/mol. The Morgan fingerprint density at radius 2 is 1.82 bits per heavy atom. The Balaban J connectivity index is 3.06. The van der Waals surface area contributed by atoms with Crippen molar-refractivity contribution in [3.63, 3.8) is 0 Å². The van der Waals surface area contributed by atoms with Crippen LogP contribution in [-0.2, 0) is 0 Å². The van der Waals surface area contributed by atoms with E-state index in [2.05, 4.69) is 13.2 Å². The van der Waals surface area contributed by atoms with Crippen LogP contribution < -0.4 is 0 Å². The third-order valence-corrected chi connectivity index (χ3v) is 3.30. The maximum atomic E-state index is 9.57. The van der Waals surface area contributed by atoms with Crippen LogP contribution in [0.1, 0.15) is 25.0 Å². The van der Waals surface area contributed by atoms with Gasteiger partial charge in [-0.25, -0.2) is 0 Å². The number of allylic oxidation sites excluding steroid dienone is 2. The van der Waals surface area contributed by atoms with Crippen LogP contribution in [0.25, 0.3) is 10.7 Å². The largest absolute Gasteiger partial charge is 0.508 e. The van der Waals surface area contributed by atoms with Crippen LogP contribution in [0.5, 0.6) is 5.75 Å². The maximum absolute atomic E-state index is 9.57. The lowest BCUT2D eigenvalue weighted by molar-refractivity contribution is 0.472. The van der Waals surface area contributed by atoms with Crippen molar-refractivity contribution in [1.29, 1.82) is 0 Å². The van der Waals surface area contributed by atoms with Crippen LogP contribution >= 0.6 is 11.8 Å². The molecule has 90 valence electrons. The third-order valence-electron chi connectivity index (χ3n) is 2.26. The van der Waals surface area contributed by atoms with Gasteiger partial charge in [0.1, 0.15) is 11.5 Å². The van der Waals surface area contributed by atoms with E-state index >= 15 is 0 Å². The van der Waals surface area contributed by atoms with Gasteiger partial charge in [-0.15, -0.1) is 0 Å². The Labute approximate surface area is 106 Å². The molecule has 0 bridgehead atoms. The Hall–Kier alpha value is -1.61. The molecule has 2 N–H and O–H groups in total. The summed E-state index contributed by atoms with van der Waals surface area (Å²) in [5, 5.41) is 18.9. The predicted octanol–water partition coefficient (Wildman–Crippen LogP) is 4.55. The molecule has 2 nitrogen and oxygen atoms in total. The molecule has 0 heterocycles. The quantitative estimate of drug-likeness (QED) is 0.768. The van der Waals surface area contributed by atoms with Crippen LogP contribution in [-0.4, -0.2) is 10.2 Å². The molecule has 0 atom stereocenters. The smallest absolute Gasteiger partial charge is 0.116 e. The van der Waals surface area contributed by atoms with Gasteiger partial charge in [-0.2, -0.15) is 0 Å². The van der Waals surface area contributed by atoms with E-state index in [0.29, 0.717) is 5.56 Å². The molecule has 0 aliphatic carbocycles. The minimum absolute atomic E-state index is 0.0669. The average molecular weight is 248 g/mol. The summed E-state index contributed by atoms with van der Waals surface area (Å²) in [5.41, 5.74) is 1.28. The topological polar surface area (TPSA) is 40.5 Å². The van der Waals surface area contributed by atoms with Crippen molar-refractivity contribution in [3.05, 3.63) is 53.5 Å². The summed E-state index contributed by atoms with van der Waals surface area (Å²) in [6.45, 7) is 11.3. The first-order chi connectivity index (χ1) is 7.93. The molecule has 0 aliphatic rings. The van der Waals surface area contributed by atoms with E-state index in [1.54, 1.807) is 12.1 Å². The molecule has 0 amide bonds. The first-order valence-electron chi connectivity index (χ1n) is 5.16. The zero-order valence-electron chi connectivity index (χ0n) is 10.0. The monoisotopic (exact) mass is 248 g/mol. The minimum Gasteiger partial charge on any atom is -0.508 e. The highest BCUT2D eigenvalue weighted by atomic mass is 32.2. The average Bonchev–Trinajstić information content (AvgIpc) is 2.27. The first kappa shape index (κ1) is 13.5. The van der Waals surface area contributed by atoms with Crippen LogP contribution in [0.4, 0.5) is 0 Å². The molecular weight excluding hydrogens is 232 g/mol. The fourth-order valence-corrected chi connectivity index (χ4v) is 1.99. The summed E-state index contributed by atoms with van der Waals surface area (Å²) in [7, 11) is 0. The van der Waals surface area contributed by atoms with Gasteiger partial charge in [0, 0.05) is 10.5 Å². The summed E-state index contributed by atoms with van der Waals surface area (Å²) >= 11 is 1.53. The van der Waals surface area contributed by atoms with Crippen LogP contribution in [0.15, 0.2) is 42.3 Å². The number of aliphatic hydroxyl groups is 1. The van der Waals surface area contributed by atoms with E-state index < -0.39 is 0 Å². The van der Waals surface area contributed by atoms with Gasteiger partial charge in [-0.05, 0) is 42.5 Å². The van der Waals surface area contributed by atoms with Gasteiger partial charge in [0.2, 0.25) is 0 Å². The second kappa shape index (κ2) is 5.64. The fraction of sp³-hybridized carbons (Fsp3) is 0.143. The number of rotatable bonds is 4. The third kappa shape index (κ3) is 3.71. The van der Waals surface area contributed by atoms with Crippen molar-refractivity contribution in [3.8, 4) is 5.75 Å². The van der Waals surface area contributed by atoms with Gasteiger partial charge in [0.05, 0.1) is 0 Å². The zero-order valence-corrected chi connectivity index (χ0v) is 10.8.